The molecule has 2 aliphatic rings. The van der Waals surface area contributed by atoms with Gasteiger partial charge in [-0.25, -0.2) is 4.39 Å². The molecule has 0 N–H and O–H groups in total. The number of nitrogens with zero attached hydrogens (tertiary/aromatic N) is 2. The van der Waals surface area contributed by atoms with Crippen LogP contribution >= 0.6 is 11.8 Å². The monoisotopic (exact) mass is 374 g/mol. The summed E-state index contributed by atoms with van der Waals surface area (Å²) in [5, 5.41) is 1.30. The number of hydrogen-bond acceptors (Lipinski definition) is 3. The zero-order chi connectivity index (χ0) is 18.7. The molecule has 142 valence electrons. The predicted octanol–water partition coefficient (Wildman–Crippen LogP) is 5.63. The van der Waals surface area contributed by atoms with Crippen LogP contribution in [-0.2, 0) is 6.54 Å². The van der Waals surface area contributed by atoms with Gasteiger partial charge in [0.25, 0.3) is 0 Å². The minimum atomic E-state index is -0.156. The molecule has 1 unspecified atom stereocenters. The van der Waals surface area contributed by atoms with E-state index in [1.807, 2.05) is 23.9 Å². The molecule has 0 amide bonds. The molecular formula is C22H31FN2S. The van der Waals surface area contributed by atoms with Gasteiger partial charge >= 0.3 is 0 Å². The molecule has 3 rings (SSSR count). The fraction of sp³-hybridized carbons (Fsp3) is 0.545. The lowest BCUT2D eigenvalue weighted by molar-refractivity contribution is 0.0452. The molecule has 1 atom stereocenters. The average Bonchev–Trinajstić information content (AvgIpc) is 2.57. The van der Waals surface area contributed by atoms with Crippen molar-refractivity contribution >= 4 is 11.8 Å². The van der Waals surface area contributed by atoms with Crippen molar-refractivity contribution in [2.75, 3.05) is 18.8 Å². The molecule has 0 radical (unpaired) electrons. The molecule has 26 heavy (non-hydrogen) atoms. The summed E-state index contributed by atoms with van der Waals surface area (Å²) in [6.07, 6.45) is 7.36. The van der Waals surface area contributed by atoms with Crippen molar-refractivity contribution in [3.63, 3.8) is 0 Å². The highest BCUT2D eigenvalue weighted by Gasteiger charge is 2.33. The molecule has 0 bridgehead atoms. The van der Waals surface area contributed by atoms with Crippen LogP contribution in [0.1, 0.15) is 46.1 Å². The Morgan fingerprint density at radius 1 is 1.23 bits per heavy atom. The van der Waals surface area contributed by atoms with E-state index in [2.05, 4.69) is 49.6 Å². The summed E-state index contributed by atoms with van der Waals surface area (Å²) in [5.41, 5.74) is 2.79. The smallest absolute Gasteiger partial charge is 0.123 e. The second kappa shape index (κ2) is 8.18. The summed E-state index contributed by atoms with van der Waals surface area (Å²) in [6, 6.07) is 7.02. The van der Waals surface area contributed by atoms with Crippen LogP contribution in [0.3, 0.4) is 0 Å². The van der Waals surface area contributed by atoms with Crippen LogP contribution in [0.15, 0.2) is 47.0 Å². The molecule has 1 aromatic rings. The highest BCUT2D eigenvalue weighted by molar-refractivity contribution is 8.02. The van der Waals surface area contributed by atoms with Crippen molar-refractivity contribution in [1.29, 1.82) is 0 Å². The number of thioether (sulfide) groups is 1. The third kappa shape index (κ3) is 4.72. The fourth-order valence-corrected chi connectivity index (χ4v) is 4.66. The van der Waals surface area contributed by atoms with Crippen LogP contribution in [-0.4, -0.2) is 34.8 Å². The lowest BCUT2D eigenvalue weighted by Crippen LogP contribution is -2.51. The number of halogens is 1. The van der Waals surface area contributed by atoms with Crippen LogP contribution < -0.4 is 0 Å². The Kier molecular flexibility index (Phi) is 6.13. The van der Waals surface area contributed by atoms with Gasteiger partial charge in [0.05, 0.1) is 5.03 Å². The van der Waals surface area contributed by atoms with E-state index >= 15 is 0 Å². The Bertz CT molecular complexity index is 685. The van der Waals surface area contributed by atoms with Gasteiger partial charge in [-0.2, -0.15) is 0 Å². The van der Waals surface area contributed by atoms with Crippen LogP contribution in [0.5, 0.6) is 0 Å². The minimum Gasteiger partial charge on any atom is -0.343 e. The number of piperidine rings is 1. The van der Waals surface area contributed by atoms with E-state index in [1.165, 1.54) is 29.5 Å². The van der Waals surface area contributed by atoms with Crippen molar-refractivity contribution in [2.45, 2.75) is 53.2 Å². The number of rotatable bonds is 5. The second-order valence-corrected chi connectivity index (χ2v) is 9.48. The molecule has 1 fully saturated rings. The van der Waals surface area contributed by atoms with Crippen LogP contribution in [0.4, 0.5) is 4.39 Å². The van der Waals surface area contributed by atoms with Crippen LogP contribution in [0.25, 0.3) is 0 Å². The van der Waals surface area contributed by atoms with Crippen molar-refractivity contribution in [2.24, 2.45) is 5.41 Å². The van der Waals surface area contributed by atoms with E-state index in [0.717, 1.165) is 31.0 Å². The highest BCUT2D eigenvalue weighted by atomic mass is 32.2. The molecule has 2 nitrogen and oxygen atoms in total. The van der Waals surface area contributed by atoms with Gasteiger partial charge in [-0.1, -0.05) is 32.9 Å². The average molecular weight is 375 g/mol. The molecule has 0 spiro atoms. The zero-order valence-electron chi connectivity index (χ0n) is 16.5. The topological polar surface area (TPSA) is 6.48 Å². The Hall–Kier alpha value is -1.26. The Labute approximate surface area is 162 Å². The van der Waals surface area contributed by atoms with Crippen LogP contribution in [0, 0.1) is 11.2 Å². The first-order valence-electron chi connectivity index (χ1n) is 9.66. The van der Waals surface area contributed by atoms with E-state index in [9.17, 15) is 4.39 Å². The minimum absolute atomic E-state index is 0.156. The van der Waals surface area contributed by atoms with Gasteiger partial charge in [0.2, 0.25) is 0 Å². The number of allylic oxidation sites excluding steroid dienone is 2. The Morgan fingerprint density at radius 2 is 1.96 bits per heavy atom. The first-order valence-corrected chi connectivity index (χ1v) is 10.6. The van der Waals surface area contributed by atoms with E-state index in [1.54, 1.807) is 6.07 Å². The van der Waals surface area contributed by atoms with E-state index in [-0.39, 0.29) is 12.0 Å². The SMILES string of the molecule is CCSC1=CC(C)=CC(N2CCC(C)(C)CC2)N1Cc1cccc(F)c1. The molecule has 2 aliphatic heterocycles. The first kappa shape index (κ1) is 19.5. The summed E-state index contributed by atoms with van der Waals surface area (Å²) in [7, 11) is 0. The molecule has 4 heteroatoms. The molecule has 0 aliphatic carbocycles. The van der Waals surface area contributed by atoms with Gasteiger partial charge in [-0.3, -0.25) is 4.90 Å². The zero-order valence-corrected chi connectivity index (χ0v) is 17.3. The summed E-state index contributed by atoms with van der Waals surface area (Å²) >= 11 is 1.88. The Morgan fingerprint density at radius 3 is 2.62 bits per heavy atom. The first-order chi connectivity index (χ1) is 12.4. The number of benzene rings is 1. The summed E-state index contributed by atoms with van der Waals surface area (Å²) < 4.78 is 13.7. The van der Waals surface area contributed by atoms with Crippen LogP contribution in [0.2, 0.25) is 0 Å². The normalized spacial score (nSPS) is 23.6. The molecular weight excluding hydrogens is 343 g/mol. The third-order valence-electron chi connectivity index (χ3n) is 5.43. The van der Waals surface area contributed by atoms with Gasteiger partial charge in [0, 0.05) is 19.6 Å². The number of hydrogen-bond donors (Lipinski definition) is 0. The fourth-order valence-electron chi connectivity index (χ4n) is 3.75. The molecule has 1 saturated heterocycles. The maximum absolute atomic E-state index is 13.7. The maximum Gasteiger partial charge on any atom is 0.123 e. The lowest BCUT2D eigenvalue weighted by atomic mass is 9.82. The summed E-state index contributed by atoms with van der Waals surface area (Å²) in [6.45, 7) is 12.1. The Balaban J connectivity index is 1.85. The van der Waals surface area contributed by atoms with Gasteiger partial charge in [0.1, 0.15) is 12.0 Å². The molecule has 0 saturated carbocycles. The largest absolute Gasteiger partial charge is 0.343 e. The number of likely N-dealkylation sites (tertiary alicyclic amines) is 1. The van der Waals surface area contributed by atoms with Crippen molar-refractivity contribution in [1.82, 2.24) is 9.80 Å². The summed E-state index contributed by atoms with van der Waals surface area (Å²) in [5.74, 6) is 0.884. The van der Waals surface area contributed by atoms with Gasteiger partial charge < -0.3 is 4.90 Å². The quantitative estimate of drug-likeness (QED) is 0.659. The third-order valence-corrected chi connectivity index (χ3v) is 6.36. The van der Waals surface area contributed by atoms with Crippen molar-refractivity contribution in [3.8, 4) is 0 Å². The maximum atomic E-state index is 13.7. The van der Waals surface area contributed by atoms with E-state index < -0.39 is 0 Å². The van der Waals surface area contributed by atoms with E-state index in [0.29, 0.717) is 5.41 Å². The predicted molar refractivity (Wildman–Crippen MR) is 110 cm³/mol. The van der Waals surface area contributed by atoms with Crippen molar-refractivity contribution in [3.05, 3.63) is 58.4 Å². The highest BCUT2D eigenvalue weighted by Crippen LogP contribution is 2.36. The van der Waals surface area contributed by atoms with Crippen molar-refractivity contribution < 1.29 is 4.39 Å². The molecule has 1 aromatic carbocycles. The lowest BCUT2D eigenvalue weighted by Gasteiger charge is -2.46. The van der Waals surface area contributed by atoms with E-state index in [4.69, 9.17) is 0 Å². The van der Waals surface area contributed by atoms with Gasteiger partial charge in [-0.15, -0.1) is 11.8 Å². The second-order valence-electron chi connectivity index (χ2n) is 8.20. The summed E-state index contributed by atoms with van der Waals surface area (Å²) in [4.78, 5) is 5.05. The molecule has 2 heterocycles. The standard InChI is InChI=1S/C22H31FN2S/c1-5-26-21-14-17(2)13-20(24-11-9-22(3,4)10-12-24)25(21)16-18-7-6-8-19(23)15-18/h6-8,13-15,20H,5,9-12,16H2,1-4H3. The van der Waals surface area contributed by atoms with Gasteiger partial charge in [-0.05, 0) is 66.4 Å². The van der Waals surface area contributed by atoms with Gasteiger partial charge in [0.15, 0.2) is 0 Å². The molecule has 0 aromatic heterocycles.